The number of hydrogen-bond donors (Lipinski definition) is 0. The van der Waals surface area contributed by atoms with E-state index in [9.17, 15) is 0 Å². The Balaban J connectivity index is 3.64. The Bertz CT molecular complexity index is 148. The van der Waals surface area contributed by atoms with E-state index in [1.807, 2.05) is 0 Å². The SMILES string of the molecule is CCCCCCC(CC)CC(C)CCC(C)C. The van der Waals surface area contributed by atoms with E-state index in [4.69, 9.17) is 0 Å². The molecule has 0 amide bonds. The molecule has 0 aromatic rings. The molecule has 0 nitrogen and oxygen atoms in total. The standard InChI is InChI=1S/C17H36/c1-6-8-9-10-11-17(7-2)14-16(5)13-12-15(3)4/h15-17H,6-14H2,1-5H3. The fraction of sp³-hybridized carbons (Fsp3) is 1.00. The second kappa shape index (κ2) is 11.1. The minimum atomic E-state index is 0.877. The van der Waals surface area contributed by atoms with E-state index >= 15 is 0 Å². The Hall–Kier alpha value is 0. The van der Waals surface area contributed by atoms with E-state index in [1.54, 1.807) is 0 Å². The number of hydrogen-bond acceptors (Lipinski definition) is 0. The lowest BCUT2D eigenvalue weighted by molar-refractivity contribution is 0.322. The molecule has 0 N–H and O–H groups in total. The molecule has 0 saturated carbocycles. The van der Waals surface area contributed by atoms with Crippen LogP contribution in [0.15, 0.2) is 0 Å². The lowest BCUT2D eigenvalue weighted by Gasteiger charge is -2.20. The van der Waals surface area contributed by atoms with Gasteiger partial charge in [0.1, 0.15) is 0 Å². The molecule has 2 atom stereocenters. The summed E-state index contributed by atoms with van der Waals surface area (Å²) < 4.78 is 0. The van der Waals surface area contributed by atoms with Crippen molar-refractivity contribution in [3.05, 3.63) is 0 Å². The average molecular weight is 240 g/mol. The van der Waals surface area contributed by atoms with E-state index in [1.165, 1.54) is 57.8 Å². The lowest BCUT2D eigenvalue weighted by Crippen LogP contribution is -2.07. The van der Waals surface area contributed by atoms with E-state index in [2.05, 4.69) is 34.6 Å². The maximum atomic E-state index is 2.46. The molecule has 0 aromatic carbocycles. The quantitative estimate of drug-likeness (QED) is 0.364. The van der Waals surface area contributed by atoms with Crippen molar-refractivity contribution in [2.24, 2.45) is 17.8 Å². The van der Waals surface area contributed by atoms with Crippen molar-refractivity contribution < 1.29 is 0 Å². The topological polar surface area (TPSA) is 0 Å². The first-order valence-corrected chi connectivity index (χ1v) is 8.10. The van der Waals surface area contributed by atoms with Crippen molar-refractivity contribution in [3.63, 3.8) is 0 Å². The van der Waals surface area contributed by atoms with Crippen LogP contribution in [0.2, 0.25) is 0 Å². The second-order valence-electron chi connectivity index (χ2n) is 6.44. The molecule has 0 aromatic heterocycles. The van der Waals surface area contributed by atoms with Crippen LogP contribution < -0.4 is 0 Å². The van der Waals surface area contributed by atoms with Gasteiger partial charge in [-0.15, -0.1) is 0 Å². The molecule has 0 aliphatic carbocycles. The summed E-state index contributed by atoms with van der Waals surface area (Å²) in [5.74, 6) is 2.81. The van der Waals surface area contributed by atoms with Crippen molar-refractivity contribution >= 4 is 0 Å². The molecular weight excluding hydrogens is 204 g/mol. The van der Waals surface area contributed by atoms with Gasteiger partial charge in [0.05, 0.1) is 0 Å². The van der Waals surface area contributed by atoms with Gasteiger partial charge in [-0.1, -0.05) is 86.0 Å². The Morgan fingerprint density at radius 3 is 2.00 bits per heavy atom. The molecule has 0 fully saturated rings. The van der Waals surface area contributed by atoms with Gasteiger partial charge in [-0.2, -0.15) is 0 Å². The normalized spacial score (nSPS) is 15.2. The van der Waals surface area contributed by atoms with E-state index in [0.29, 0.717) is 0 Å². The summed E-state index contributed by atoms with van der Waals surface area (Å²) in [6.07, 6.45) is 12.9. The summed E-state index contributed by atoms with van der Waals surface area (Å²) in [5.41, 5.74) is 0. The monoisotopic (exact) mass is 240 g/mol. The van der Waals surface area contributed by atoms with Crippen LogP contribution >= 0.6 is 0 Å². The predicted octanol–water partition coefficient (Wildman–Crippen LogP) is 6.45. The zero-order chi connectivity index (χ0) is 13.1. The fourth-order valence-corrected chi connectivity index (χ4v) is 2.65. The van der Waals surface area contributed by atoms with E-state index < -0.39 is 0 Å². The molecule has 0 radical (unpaired) electrons. The summed E-state index contributed by atoms with van der Waals surface area (Å²) in [5, 5.41) is 0. The third-order valence-corrected chi connectivity index (χ3v) is 4.02. The largest absolute Gasteiger partial charge is 0.0654 e. The third kappa shape index (κ3) is 10.9. The summed E-state index contributed by atoms with van der Waals surface area (Å²) in [6, 6.07) is 0. The Labute approximate surface area is 111 Å². The highest BCUT2D eigenvalue weighted by atomic mass is 14.2. The third-order valence-electron chi connectivity index (χ3n) is 4.02. The summed E-state index contributed by atoms with van der Waals surface area (Å²) in [6.45, 7) is 11.8. The minimum absolute atomic E-state index is 0.877. The second-order valence-corrected chi connectivity index (χ2v) is 6.44. The lowest BCUT2D eigenvalue weighted by atomic mass is 9.86. The van der Waals surface area contributed by atoms with Gasteiger partial charge < -0.3 is 0 Å². The molecule has 0 aliphatic heterocycles. The van der Waals surface area contributed by atoms with Crippen molar-refractivity contribution in [2.75, 3.05) is 0 Å². The van der Waals surface area contributed by atoms with E-state index in [-0.39, 0.29) is 0 Å². The first-order valence-electron chi connectivity index (χ1n) is 8.10. The van der Waals surface area contributed by atoms with Crippen LogP contribution in [0.3, 0.4) is 0 Å². The molecule has 17 heavy (non-hydrogen) atoms. The molecular formula is C17H36. The van der Waals surface area contributed by atoms with Crippen molar-refractivity contribution in [1.29, 1.82) is 0 Å². The van der Waals surface area contributed by atoms with Gasteiger partial charge in [0.2, 0.25) is 0 Å². The van der Waals surface area contributed by atoms with Gasteiger partial charge in [0.15, 0.2) is 0 Å². The van der Waals surface area contributed by atoms with Gasteiger partial charge in [-0.25, -0.2) is 0 Å². The first kappa shape index (κ1) is 17.0. The first-order chi connectivity index (χ1) is 8.10. The van der Waals surface area contributed by atoms with Crippen LogP contribution in [0.5, 0.6) is 0 Å². The van der Waals surface area contributed by atoms with Gasteiger partial charge in [0.25, 0.3) is 0 Å². The number of unbranched alkanes of at least 4 members (excludes halogenated alkanes) is 3. The molecule has 0 rings (SSSR count). The van der Waals surface area contributed by atoms with Crippen molar-refractivity contribution in [2.45, 2.75) is 92.4 Å². The minimum Gasteiger partial charge on any atom is -0.0654 e. The van der Waals surface area contributed by atoms with E-state index in [0.717, 1.165) is 17.8 Å². The summed E-state index contributed by atoms with van der Waals surface area (Å²) in [7, 11) is 0. The van der Waals surface area contributed by atoms with Gasteiger partial charge in [-0.05, 0) is 24.2 Å². The number of rotatable bonds is 11. The average Bonchev–Trinajstić information content (AvgIpc) is 2.30. The predicted molar refractivity (Wildman–Crippen MR) is 80.4 cm³/mol. The van der Waals surface area contributed by atoms with Crippen LogP contribution in [0.1, 0.15) is 92.4 Å². The Morgan fingerprint density at radius 1 is 0.765 bits per heavy atom. The van der Waals surface area contributed by atoms with Crippen molar-refractivity contribution in [1.82, 2.24) is 0 Å². The summed E-state index contributed by atoms with van der Waals surface area (Å²) >= 11 is 0. The van der Waals surface area contributed by atoms with Crippen molar-refractivity contribution in [3.8, 4) is 0 Å². The smallest absolute Gasteiger partial charge is 0.0414 e. The maximum Gasteiger partial charge on any atom is -0.0414 e. The highest BCUT2D eigenvalue weighted by Gasteiger charge is 2.11. The highest BCUT2D eigenvalue weighted by molar-refractivity contribution is 4.64. The summed E-state index contributed by atoms with van der Waals surface area (Å²) in [4.78, 5) is 0. The molecule has 2 unspecified atom stereocenters. The zero-order valence-electron chi connectivity index (χ0n) is 13.1. The van der Waals surface area contributed by atoms with Crippen LogP contribution in [-0.2, 0) is 0 Å². The molecule has 0 heterocycles. The Morgan fingerprint density at radius 2 is 1.47 bits per heavy atom. The van der Waals surface area contributed by atoms with Crippen LogP contribution in [-0.4, -0.2) is 0 Å². The van der Waals surface area contributed by atoms with Gasteiger partial charge in [0, 0.05) is 0 Å². The fourth-order valence-electron chi connectivity index (χ4n) is 2.65. The van der Waals surface area contributed by atoms with Gasteiger partial charge in [-0.3, -0.25) is 0 Å². The van der Waals surface area contributed by atoms with Gasteiger partial charge >= 0.3 is 0 Å². The molecule has 104 valence electrons. The molecule has 0 aliphatic rings. The maximum absolute atomic E-state index is 2.46. The van der Waals surface area contributed by atoms with Crippen LogP contribution in [0.4, 0.5) is 0 Å². The molecule has 0 saturated heterocycles. The van der Waals surface area contributed by atoms with Crippen LogP contribution in [0.25, 0.3) is 0 Å². The molecule has 0 heteroatoms. The van der Waals surface area contributed by atoms with Crippen LogP contribution in [0, 0.1) is 17.8 Å². The molecule has 0 spiro atoms. The molecule has 0 bridgehead atoms. The zero-order valence-corrected chi connectivity index (χ0v) is 13.1. The highest BCUT2D eigenvalue weighted by Crippen LogP contribution is 2.25. The Kier molecular flexibility index (Phi) is 11.1.